The Bertz CT molecular complexity index is 463. The highest BCUT2D eigenvalue weighted by atomic mass is 32.2. The molecule has 1 aromatic rings. The van der Waals surface area contributed by atoms with Crippen molar-refractivity contribution in [2.75, 3.05) is 0 Å². The normalized spacial score (nSPS) is 10.4. The van der Waals surface area contributed by atoms with Gasteiger partial charge in [-0.25, -0.2) is 13.6 Å². The van der Waals surface area contributed by atoms with Crippen molar-refractivity contribution in [3.63, 3.8) is 0 Å². The molecule has 14 heavy (non-hydrogen) atoms. The molecule has 0 aliphatic carbocycles. The highest BCUT2D eigenvalue weighted by Crippen LogP contribution is 2.07. The summed E-state index contributed by atoms with van der Waals surface area (Å²) in [6, 6.07) is 6.19. The van der Waals surface area contributed by atoms with Crippen LogP contribution in [0.2, 0.25) is 0 Å². The van der Waals surface area contributed by atoms with Crippen LogP contribution in [0.3, 0.4) is 0 Å². The molecule has 1 rings (SSSR count). The molecule has 3 nitrogen and oxygen atoms in total. The first-order valence-electron chi connectivity index (χ1n) is 4.16. The first kappa shape index (κ1) is 10.8. The predicted octanol–water partition coefficient (Wildman–Crippen LogP) is 1.10. The summed E-state index contributed by atoms with van der Waals surface area (Å²) in [5, 5.41) is 4.94. The molecule has 0 saturated heterocycles. The molecule has 0 atom stereocenters. The highest BCUT2D eigenvalue weighted by Gasteiger charge is 2.05. The van der Waals surface area contributed by atoms with E-state index >= 15 is 0 Å². The number of primary sulfonamides is 1. The van der Waals surface area contributed by atoms with Gasteiger partial charge < -0.3 is 0 Å². The molecule has 0 aliphatic rings. The Morgan fingerprint density at radius 1 is 1.29 bits per heavy atom. The molecule has 74 valence electrons. The van der Waals surface area contributed by atoms with E-state index in [-0.39, 0.29) is 4.90 Å². The van der Waals surface area contributed by atoms with Crippen LogP contribution in [0.1, 0.15) is 18.9 Å². The lowest BCUT2D eigenvalue weighted by atomic mass is 10.2. The molecule has 4 heteroatoms. The predicted molar refractivity (Wildman–Crippen MR) is 55.0 cm³/mol. The lowest BCUT2D eigenvalue weighted by Gasteiger charge is -1.96. The van der Waals surface area contributed by atoms with Gasteiger partial charge >= 0.3 is 0 Å². The summed E-state index contributed by atoms with van der Waals surface area (Å²) in [4.78, 5) is 0.111. The Morgan fingerprint density at radius 2 is 1.86 bits per heavy atom. The third kappa shape index (κ3) is 2.87. The molecule has 0 aliphatic heterocycles. The zero-order valence-electron chi connectivity index (χ0n) is 7.82. The van der Waals surface area contributed by atoms with Crippen molar-refractivity contribution in [1.82, 2.24) is 0 Å². The van der Waals surface area contributed by atoms with E-state index in [9.17, 15) is 8.42 Å². The lowest BCUT2D eigenvalue weighted by Crippen LogP contribution is -2.11. The Labute approximate surface area is 84.0 Å². The fraction of sp³-hybridized carbons (Fsp3) is 0.200. The molecule has 0 saturated carbocycles. The number of nitrogens with two attached hydrogens (primary N) is 1. The topological polar surface area (TPSA) is 60.2 Å². The van der Waals surface area contributed by atoms with Crippen LogP contribution in [0.5, 0.6) is 0 Å². The summed E-state index contributed by atoms with van der Waals surface area (Å²) >= 11 is 0. The van der Waals surface area contributed by atoms with E-state index in [1.54, 1.807) is 12.1 Å². The summed E-state index contributed by atoms with van der Waals surface area (Å²) in [6.45, 7) is 1.95. The largest absolute Gasteiger partial charge is 0.238 e. The van der Waals surface area contributed by atoms with Gasteiger partial charge in [0.25, 0.3) is 0 Å². The Kier molecular flexibility index (Phi) is 3.28. The summed E-state index contributed by atoms with van der Waals surface area (Å²) in [6.07, 6.45) is 0.775. The van der Waals surface area contributed by atoms with E-state index in [2.05, 4.69) is 11.8 Å². The quantitative estimate of drug-likeness (QED) is 0.704. The van der Waals surface area contributed by atoms with Gasteiger partial charge in [-0.15, -0.1) is 0 Å². The summed E-state index contributed by atoms with van der Waals surface area (Å²) in [7, 11) is -3.59. The first-order chi connectivity index (χ1) is 6.54. The zero-order valence-corrected chi connectivity index (χ0v) is 8.64. The number of hydrogen-bond acceptors (Lipinski definition) is 2. The third-order valence-corrected chi connectivity index (χ3v) is 2.52. The first-order valence-corrected chi connectivity index (χ1v) is 5.70. The molecule has 0 heterocycles. The molecule has 1 aromatic carbocycles. The monoisotopic (exact) mass is 209 g/mol. The summed E-state index contributed by atoms with van der Waals surface area (Å²) < 4.78 is 21.8. The fourth-order valence-electron chi connectivity index (χ4n) is 0.918. The van der Waals surface area contributed by atoms with E-state index in [4.69, 9.17) is 5.14 Å². The van der Waals surface area contributed by atoms with Crippen molar-refractivity contribution in [3.8, 4) is 11.8 Å². The molecular formula is C10H11NO2S. The standard InChI is InChI=1S/C10H11NO2S/c1-2-3-4-9-5-7-10(8-6-9)14(11,12)13/h5-8H,2H2,1H3,(H2,11,12,13). The van der Waals surface area contributed by atoms with Crippen LogP contribution in [0.4, 0.5) is 0 Å². The maximum Gasteiger partial charge on any atom is 0.238 e. The van der Waals surface area contributed by atoms with Crippen LogP contribution >= 0.6 is 0 Å². The van der Waals surface area contributed by atoms with Gasteiger partial charge in [0, 0.05) is 12.0 Å². The average molecular weight is 209 g/mol. The van der Waals surface area contributed by atoms with Crippen LogP contribution in [0.25, 0.3) is 0 Å². The summed E-state index contributed by atoms with van der Waals surface area (Å²) in [5.41, 5.74) is 0.791. The molecule has 0 fully saturated rings. The average Bonchev–Trinajstić information content (AvgIpc) is 2.14. The van der Waals surface area contributed by atoms with Gasteiger partial charge in [-0.2, -0.15) is 0 Å². The fourth-order valence-corrected chi connectivity index (χ4v) is 1.43. The minimum Gasteiger partial charge on any atom is -0.225 e. The molecule has 0 spiro atoms. The zero-order chi connectivity index (χ0) is 10.6. The Balaban J connectivity index is 3.01. The molecule has 0 aromatic heterocycles. The van der Waals surface area contributed by atoms with Crippen molar-refractivity contribution >= 4 is 10.0 Å². The van der Waals surface area contributed by atoms with Crippen molar-refractivity contribution in [3.05, 3.63) is 29.8 Å². The van der Waals surface area contributed by atoms with Crippen molar-refractivity contribution < 1.29 is 8.42 Å². The second kappa shape index (κ2) is 4.27. The van der Waals surface area contributed by atoms with Crippen molar-refractivity contribution in [2.24, 2.45) is 5.14 Å². The smallest absolute Gasteiger partial charge is 0.225 e. The molecular weight excluding hydrogens is 198 g/mol. The van der Waals surface area contributed by atoms with Crippen LogP contribution < -0.4 is 5.14 Å². The van der Waals surface area contributed by atoms with Crippen LogP contribution in [-0.2, 0) is 10.0 Å². The summed E-state index contributed by atoms with van der Waals surface area (Å²) in [5.74, 6) is 5.78. The number of sulfonamides is 1. The van der Waals surface area contributed by atoms with E-state index in [1.807, 2.05) is 6.92 Å². The maximum absolute atomic E-state index is 10.9. The van der Waals surface area contributed by atoms with Gasteiger partial charge in [-0.3, -0.25) is 0 Å². The number of benzene rings is 1. The maximum atomic E-state index is 10.9. The number of hydrogen-bond donors (Lipinski definition) is 1. The van der Waals surface area contributed by atoms with E-state index in [0.29, 0.717) is 0 Å². The van der Waals surface area contributed by atoms with Gasteiger partial charge in [0.1, 0.15) is 0 Å². The van der Waals surface area contributed by atoms with E-state index < -0.39 is 10.0 Å². The Hall–Kier alpha value is -1.31. The molecule has 0 unspecified atom stereocenters. The minimum atomic E-state index is -3.59. The Morgan fingerprint density at radius 3 is 2.29 bits per heavy atom. The van der Waals surface area contributed by atoms with Crippen molar-refractivity contribution in [2.45, 2.75) is 18.2 Å². The van der Waals surface area contributed by atoms with Gasteiger partial charge in [-0.05, 0) is 24.3 Å². The second-order valence-electron chi connectivity index (χ2n) is 2.72. The molecule has 0 radical (unpaired) electrons. The SMILES string of the molecule is CCC#Cc1ccc(S(N)(=O)=O)cc1. The van der Waals surface area contributed by atoms with Crippen LogP contribution in [0.15, 0.2) is 29.2 Å². The van der Waals surface area contributed by atoms with E-state index in [1.165, 1.54) is 12.1 Å². The highest BCUT2D eigenvalue weighted by molar-refractivity contribution is 7.89. The molecule has 0 bridgehead atoms. The molecule has 2 N–H and O–H groups in total. The molecule has 0 amide bonds. The van der Waals surface area contributed by atoms with Gasteiger partial charge in [0.2, 0.25) is 10.0 Å². The van der Waals surface area contributed by atoms with Crippen LogP contribution in [0, 0.1) is 11.8 Å². The van der Waals surface area contributed by atoms with Gasteiger partial charge in [0.05, 0.1) is 4.90 Å². The van der Waals surface area contributed by atoms with E-state index in [0.717, 1.165) is 12.0 Å². The van der Waals surface area contributed by atoms with Gasteiger partial charge in [-0.1, -0.05) is 18.8 Å². The lowest BCUT2D eigenvalue weighted by molar-refractivity contribution is 0.598. The van der Waals surface area contributed by atoms with Gasteiger partial charge in [0.15, 0.2) is 0 Å². The van der Waals surface area contributed by atoms with Crippen LogP contribution in [-0.4, -0.2) is 8.42 Å². The minimum absolute atomic E-state index is 0.111. The van der Waals surface area contributed by atoms with Crippen molar-refractivity contribution in [1.29, 1.82) is 0 Å². The second-order valence-corrected chi connectivity index (χ2v) is 4.29. The third-order valence-electron chi connectivity index (χ3n) is 1.59. The number of rotatable bonds is 1.